The van der Waals surface area contributed by atoms with Crippen LogP contribution in [0.15, 0.2) is 47.3 Å². The number of aromatic nitrogens is 2. The molecular formula is C24H21ClF3N3O2. The van der Waals surface area contributed by atoms with Crippen molar-refractivity contribution in [3.63, 3.8) is 0 Å². The van der Waals surface area contributed by atoms with Crippen molar-refractivity contribution in [2.45, 2.75) is 38.0 Å². The zero-order valence-corrected chi connectivity index (χ0v) is 18.3. The van der Waals surface area contributed by atoms with Crippen LogP contribution in [0.3, 0.4) is 0 Å². The van der Waals surface area contributed by atoms with Gasteiger partial charge in [0, 0.05) is 34.9 Å². The number of alkyl halides is 3. The Hall–Kier alpha value is -2.84. The molecule has 1 atom stereocenters. The van der Waals surface area contributed by atoms with Crippen molar-refractivity contribution in [3.8, 4) is 16.9 Å². The molecule has 1 aliphatic heterocycles. The Labute approximate surface area is 193 Å². The van der Waals surface area contributed by atoms with E-state index in [1.54, 1.807) is 24.3 Å². The molecule has 1 N–H and O–H groups in total. The number of aliphatic hydroxyl groups excluding tert-OH is 1. The van der Waals surface area contributed by atoms with Gasteiger partial charge in [-0.05, 0) is 61.6 Å². The lowest BCUT2D eigenvalue weighted by Gasteiger charge is -2.22. The lowest BCUT2D eigenvalue weighted by Crippen LogP contribution is -2.29. The van der Waals surface area contributed by atoms with Crippen molar-refractivity contribution in [3.05, 3.63) is 74.5 Å². The minimum atomic E-state index is -4.67. The summed E-state index contributed by atoms with van der Waals surface area (Å²) >= 11 is 6.01. The quantitative estimate of drug-likeness (QED) is 0.600. The molecule has 0 unspecified atom stereocenters. The maximum atomic E-state index is 14.0. The van der Waals surface area contributed by atoms with E-state index in [2.05, 4.69) is 5.10 Å². The summed E-state index contributed by atoms with van der Waals surface area (Å²) in [6.45, 7) is 0.849. The van der Waals surface area contributed by atoms with E-state index in [1.807, 2.05) is 4.90 Å². The van der Waals surface area contributed by atoms with Gasteiger partial charge in [0.1, 0.15) is 0 Å². The monoisotopic (exact) mass is 475 g/mol. The molecule has 0 saturated carbocycles. The Morgan fingerprint density at radius 1 is 1.06 bits per heavy atom. The molecule has 1 saturated heterocycles. The predicted molar refractivity (Wildman–Crippen MR) is 120 cm³/mol. The summed E-state index contributed by atoms with van der Waals surface area (Å²) in [4.78, 5) is 15.1. The summed E-state index contributed by atoms with van der Waals surface area (Å²) in [5.74, 6) is 0. The molecule has 0 bridgehead atoms. The Morgan fingerprint density at radius 2 is 1.79 bits per heavy atom. The third kappa shape index (κ3) is 4.02. The smallest absolute Gasteiger partial charge is 0.391 e. The van der Waals surface area contributed by atoms with Crippen LogP contribution in [-0.4, -0.2) is 34.1 Å². The Morgan fingerprint density at radius 3 is 2.45 bits per heavy atom. The Balaban J connectivity index is 1.74. The number of benzene rings is 2. The van der Waals surface area contributed by atoms with Crippen LogP contribution in [0, 0.1) is 0 Å². The maximum absolute atomic E-state index is 14.0. The fourth-order valence-corrected chi connectivity index (χ4v) is 4.81. The summed E-state index contributed by atoms with van der Waals surface area (Å²) in [7, 11) is 0. The highest BCUT2D eigenvalue weighted by molar-refractivity contribution is 6.30. The van der Waals surface area contributed by atoms with E-state index >= 15 is 0 Å². The van der Waals surface area contributed by atoms with Crippen LogP contribution in [0.2, 0.25) is 5.02 Å². The summed E-state index contributed by atoms with van der Waals surface area (Å²) < 4.78 is 42.8. The first-order valence-electron chi connectivity index (χ1n) is 10.8. The maximum Gasteiger partial charge on any atom is 0.418 e. The molecule has 172 valence electrons. The van der Waals surface area contributed by atoms with Crippen LogP contribution >= 0.6 is 11.6 Å². The van der Waals surface area contributed by atoms with Crippen molar-refractivity contribution < 1.29 is 18.3 Å². The van der Waals surface area contributed by atoms with E-state index in [9.17, 15) is 23.1 Å². The second kappa shape index (κ2) is 8.18. The normalized spacial score (nSPS) is 18.1. The number of halogens is 4. The van der Waals surface area contributed by atoms with Gasteiger partial charge in [-0.15, -0.1) is 0 Å². The lowest BCUT2D eigenvalue weighted by atomic mass is 10.0. The zero-order valence-electron chi connectivity index (χ0n) is 17.6. The second-order valence-electron chi connectivity index (χ2n) is 8.47. The van der Waals surface area contributed by atoms with Crippen LogP contribution in [-0.2, 0) is 19.0 Å². The highest BCUT2D eigenvalue weighted by Gasteiger charge is 2.36. The molecule has 2 aromatic carbocycles. The number of β-amino-alcohol motifs (C(OH)–C–C–N with tert-alkyl or cyclic N) is 1. The first-order chi connectivity index (χ1) is 15.7. The number of hydrogen-bond acceptors (Lipinski definition) is 4. The Kier molecular flexibility index (Phi) is 5.45. The molecule has 1 aromatic heterocycles. The summed E-state index contributed by atoms with van der Waals surface area (Å²) in [6, 6.07) is 10.6. The summed E-state index contributed by atoms with van der Waals surface area (Å²) in [6.07, 6.45) is -2.78. The van der Waals surface area contributed by atoms with E-state index in [1.165, 1.54) is 12.1 Å². The molecular weight excluding hydrogens is 455 g/mol. The number of hydrogen-bond donors (Lipinski definition) is 1. The summed E-state index contributed by atoms with van der Waals surface area (Å²) in [5, 5.41) is 14.9. The standard InChI is InChI=1S/C24H21ClF3N3O2/c25-15-6-4-14(5-7-15)22-18-2-1-3-19(18)23(33)31(29-22)21-12-16(30-11-10-17(32)13-30)8-9-20(21)24(26,27)28/h4-9,12,17,32H,1-3,10-11,13H2/t17-/m0/s1. The molecule has 5 nitrogen and oxygen atoms in total. The van der Waals surface area contributed by atoms with Gasteiger partial charge in [0.25, 0.3) is 5.56 Å². The zero-order chi connectivity index (χ0) is 23.3. The van der Waals surface area contributed by atoms with Gasteiger partial charge in [-0.3, -0.25) is 4.79 Å². The first-order valence-corrected chi connectivity index (χ1v) is 11.2. The molecule has 5 rings (SSSR count). The van der Waals surface area contributed by atoms with E-state index in [-0.39, 0.29) is 5.69 Å². The average molecular weight is 476 g/mol. The van der Waals surface area contributed by atoms with Crippen LogP contribution in [0.5, 0.6) is 0 Å². The van der Waals surface area contributed by atoms with E-state index in [4.69, 9.17) is 11.6 Å². The molecule has 1 aliphatic carbocycles. The third-order valence-corrected chi connectivity index (χ3v) is 6.57. The van der Waals surface area contributed by atoms with Gasteiger partial charge < -0.3 is 10.0 Å². The van der Waals surface area contributed by atoms with Gasteiger partial charge in [0.15, 0.2) is 0 Å². The number of anilines is 1. The second-order valence-corrected chi connectivity index (χ2v) is 8.91. The van der Waals surface area contributed by atoms with Gasteiger partial charge in [-0.2, -0.15) is 23.0 Å². The van der Waals surface area contributed by atoms with Gasteiger partial charge in [-0.25, -0.2) is 0 Å². The third-order valence-electron chi connectivity index (χ3n) is 6.32. The van der Waals surface area contributed by atoms with Crippen LogP contribution in [0.25, 0.3) is 16.9 Å². The van der Waals surface area contributed by atoms with Gasteiger partial charge in [0.05, 0.1) is 23.0 Å². The van der Waals surface area contributed by atoms with Crippen molar-refractivity contribution in [2.24, 2.45) is 0 Å². The van der Waals surface area contributed by atoms with Crippen LogP contribution in [0.1, 0.15) is 29.5 Å². The SMILES string of the molecule is O=c1c2c(c(-c3ccc(Cl)cc3)nn1-c1cc(N3CC[C@H](O)C3)ccc1C(F)(F)F)CCC2. The van der Waals surface area contributed by atoms with Gasteiger partial charge in [0.2, 0.25) is 0 Å². The van der Waals surface area contributed by atoms with E-state index in [0.717, 1.165) is 22.7 Å². The highest BCUT2D eigenvalue weighted by atomic mass is 35.5. The van der Waals surface area contributed by atoms with Crippen molar-refractivity contribution in [2.75, 3.05) is 18.0 Å². The van der Waals surface area contributed by atoms with Gasteiger partial charge in [-0.1, -0.05) is 23.7 Å². The van der Waals surface area contributed by atoms with Crippen molar-refractivity contribution in [1.82, 2.24) is 9.78 Å². The Bertz CT molecular complexity index is 1270. The highest BCUT2D eigenvalue weighted by Crippen LogP contribution is 2.37. The average Bonchev–Trinajstić information content (AvgIpc) is 3.44. The van der Waals surface area contributed by atoms with Crippen molar-refractivity contribution in [1.29, 1.82) is 0 Å². The fraction of sp³-hybridized carbons (Fsp3) is 0.333. The predicted octanol–water partition coefficient (Wildman–Crippen LogP) is 4.63. The molecule has 2 heterocycles. The van der Waals surface area contributed by atoms with Gasteiger partial charge >= 0.3 is 6.18 Å². The van der Waals surface area contributed by atoms with E-state index < -0.39 is 23.4 Å². The van der Waals surface area contributed by atoms with E-state index in [0.29, 0.717) is 59.9 Å². The molecule has 0 spiro atoms. The van der Waals surface area contributed by atoms with Crippen LogP contribution in [0.4, 0.5) is 18.9 Å². The molecule has 33 heavy (non-hydrogen) atoms. The number of nitrogens with zero attached hydrogens (tertiary/aromatic N) is 3. The molecule has 1 fully saturated rings. The number of rotatable bonds is 3. The number of aliphatic hydroxyl groups is 1. The number of fused-ring (bicyclic) bond motifs is 1. The first kappa shape index (κ1) is 22.0. The topological polar surface area (TPSA) is 58.4 Å². The van der Waals surface area contributed by atoms with Crippen LogP contribution < -0.4 is 10.5 Å². The lowest BCUT2D eigenvalue weighted by molar-refractivity contribution is -0.137. The fourth-order valence-electron chi connectivity index (χ4n) is 4.69. The largest absolute Gasteiger partial charge is 0.418 e. The minimum Gasteiger partial charge on any atom is -0.391 e. The molecule has 0 amide bonds. The molecule has 3 aromatic rings. The summed E-state index contributed by atoms with van der Waals surface area (Å²) in [5.41, 5.74) is 1.22. The minimum absolute atomic E-state index is 0.309. The molecule has 9 heteroatoms. The molecule has 2 aliphatic rings. The van der Waals surface area contributed by atoms with Crippen molar-refractivity contribution >= 4 is 17.3 Å². The molecule has 0 radical (unpaired) electrons.